The number of nitrogens with one attached hydrogen (secondary N) is 2. The van der Waals surface area contributed by atoms with E-state index in [9.17, 15) is 13.2 Å². The van der Waals surface area contributed by atoms with Gasteiger partial charge in [-0.1, -0.05) is 11.8 Å². The molecule has 1 saturated heterocycles. The van der Waals surface area contributed by atoms with Gasteiger partial charge in [0.25, 0.3) is 0 Å². The van der Waals surface area contributed by atoms with Gasteiger partial charge in [-0.3, -0.25) is 14.8 Å². The Morgan fingerprint density at radius 1 is 1.21 bits per heavy atom. The van der Waals surface area contributed by atoms with Gasteiger partial charge in [-0.05, 0) is 24.3 Å². The molecule has 0 bridgehead atoms. The Balaban J connectivity index is 1.41. The third-order valence-corrected chi connectivity index (χ3v) is 8.25. The second-order valence-electron chi connectivity index (χ2n) is 9.42. The van der Waals surface area contributed by atoms with Crippen molar-refractivity contribution < 1.29 is 27.4 Å². The molecule has 202 valence electrons. The predicted molar refractivity (Wildman–Crippen MR) is 147 cm³/mol. The number of amides is 1. The molecule has 1 fully saturated rings. The molecule has 1 unspecified atom stereocenters. The molecule has 3 aromatic rings. The number of ether oxygens (including phenoxy) is 3. The lowest BCUT2D eigenvalue weighted by Gasteiger charge is -2.24. The first-order valence-electron chi connectivity index (χ1n) is 12.4. The van der Waals surface area contributed by atoms with E-state index < -0.39 is 9.84 Å². The highest BCUT2D eigenvalue weighted by Gasteiger charge is 2.25. The van der Waals surface area contributed by atoms with Crippen molar-refractivity contribution in [2.45, 2.75) is 36.4 Å². The summed E-state index contributed by atoms with van der Waals surface area (Å²) in [6.07, 6.45) is 4.74. The number of carbonyl (C=O) groups excluding carboxylic acids is 1. The minimum absolute atomic E-state index is 0.00313. The third kappa shape index (κ3) is 6.66. The molecule has 0 aliphatic carbocycles. The first kappa shape index (κ1) is 26.5. The number of H-pyrrole nitrogens is 1. The molecule has 2 aliphatic heterocycles. The van der Waals surface area contributed by atoms with Crippen LogP contribution in [0.25, 0.3) is 10.9 Å². The predicted octanol–water partition coefficient (Wildman–Crippen LogP) is 3.46. The number of aromatic nitrogens is 2. The largest absolute Gasteiger partial charge is 0.488 e. The van der Waals surface area contributed by atoms with Crippen LogP contribution < -0.4 is 14.8 Å². The fourth-order valence-corrected chi connectivity index (χ4v) is 6.16. The van der Waals surface area contributed by atoms with Gasteiger partial charge in [-0.2, -0.15) is 0 Å². The molecule has 0 spiro atoms. The highest BCUT2D eigenvalue weighted by Crippen LogP contribution is 2.37. The Morgan fingerprint density at radius 2 is 2.03 bits per heavy atom. The SMILES string of the molecule is CNC(=O)CC1CN=C(c2cc3cc(Oc4ccc(CS(C)(=O)=O)nc4)cc(OC4CCOCC4)c3[nH]2)S1. The van der Waals surface area contributed by atoms with Crippen molar-refractivity contribution >= 4 is 43.5 Å². The molecule has 1 amide bonds. The summed E-state index contributed by atoms with van der Waals surface area (Å²) in [7, 11) is -1.53. The van der Waals surface area contributed by atoms with E-state index in [1.54, 1.807) is 30.9 Å². The van der Waals surface area contributed by atoms with Gasteiger partial charge in [0.05, 0.1) is 48.6 Å². The number of nitrogens with zero attached hydrogens (tertiary/aromatic N) is 2. The summed E-state index contributed by atoms with van der Waals surface area (Å²) in [5.41, 5.74) is 2.17. The maximum absolute atomic E-state index is 11.8. The van der Waals surface area contributed by atoms with Crippen molar-refractivity contribution in [3.8, 4) is 17.2 Å². The average Bonchev–Trinajstić information content (AvgIpc) is 3.52. The van der Waals surface area contributed by atoms with Gasteiger partial charge in [-0.25, -0.2) is 8.42 Å². The number of fused-ring (bicyclic) bond motifs is 1. The summed E-state index contributed by atoms with van der Waals surface area (Å²) in [6.45, 7) is 1.90. The van der Waals surface area contributed by atoms with Crippen molar-refractivity contribution in [3.05, 3.63) is 47.9 Å². The summed E-state index contributed by atoms with van der Waals surface area (Å²) in [6, 6.07) is 9.13. The Bertz CT molecular complexity index is 1450. The molecule has 5 rings (SSSR count). The molecule has 4 heterocycles. The van der Waals surface area contributed by atoms with Crippen LogP contribution in [0.3, 0.4) is 0 Å². The lowest BCUT2D eigenvalue weighted by molar-refractivity contribution is -0.120. The van der Waals surface area contributed by atoms with Crippen LogP contribution in [0.5, 0.6) is 17.2 Å². The van der Waals surface area contributed by atoms with Gasteiger partial charge in [0.2, 0.25) is 5.91 Å². The maximum Gasteiger partial charge on any atom is 0.220 e. The molecule has 2 aliphatic rings. The van der Waals surface area contributed by atoms with Crippen LogP contribution >= 0.6 is 11.8 Å². The number of thioether (sulfide) groups is 1. The van der Waals surface area contributed by atoms with Crippen molar-refractivity contribution in [1.82, 2.24) is 15.3 Å². The molecule has 12 heteroatoms. The first-order chi connectivity index (χ1) is 18.3. The summed E-state index contributed by atoms with van der Waals surface area (Å²) in [5, 5.41) is 4.54. The van der Waals surface area contributed by atoms with Gasteiger partial charge in [0, 0.05) is 49.3 Å². The number of benzene rings is 1. The van der Waals surface area contributed by atoms with Crippen LogP contribution in [-0.4, -0.2) is 73.8 Å². The lowest BCUT2D eigenvalue weighted by atomic mass is 10.1. The lowest BCUT2D eigenvalue weighted by Crippen LogP contribution is -2.25. The Morgan fingerprint density at radius 3 is 2.74 bits per heavy atom. The van der Waals surface area contributed by atoms with E-state index in [2.05, 4.69) is 20.3 Å². The van der Waals surface area contributed by atoms with Gasteiger partial charge >= 0.3 is 0 Å². The van der Waals surface area contributed by atoms with Crippen LogP contribution in [0, 0.1) is 0 Å². The summed E-state index contributed by atoms with van der Waals surface area (Å²) >= 11 is 1.59. The average molecular weight is 559 g/mol. The van der Waals surface area contributed by atoms with Crippen LogP contribution in [-0.2, 0) is 25.1 Å². The number of pyridine rings is 1. The summed E-state index contributed by atoms with van der Waals surface area (Å²) < 4.78 is 41.1. The van der Waals surface area contributed by atoms with Crippen LogP contribution in [0.1, 0.15) is 30.7 Å². The maximum atomic E-state index is 11.8. The molecule has 2 aromatic heterocycles. The Kier molecular flexibility index (Phi) is 7.91. The van der Waals surface area contributed by atoms with Crippen LogP contribution in [0.2, 0.25) is 0 Å². The number of sulfone groups is 1. The van der Waals surface area contributed by atoms with Crippen LogP contribution in [0.4, 0.5) is 0 Å². The summed E-state index contributed by atoms with van der Waals surface area (Å²) in [5.74, 6) is 1.61. The molecule has 1 aromatic carbocycles. The number of hydrogen-bond donors (Lipinski definition) is 2. The quantitative estimate of drug-likeness (QED) is 0.408. The molecule has 1 atom stereocenters. The third-order valence-electron chi connectivity index (χ3n) is 6.21. The number of aliphatic imine (C=N–C) groups is 1. The number of rotatable bonds is 9. The molecule has 2 N–H and O–H groups in total. The normalized spacial score (nSPS) is 18.4. The highest BCUT2D eigenvalue weighted by molar-refractivity contribution is 8.15. The van der Waals surface area contributed by atoms with Gasteiger partial charge in [0.15, 0.2) is 9.84 Å². The smallest absolute Gasteiger partial charge is 0.220 e. The Labute approximate surface area is 225 Å². The number of carbonyl (C=O) groups is 1. The van der Waals surface area contributed by atoms with Gasteiger partial charge in [-0.15, -0.1) is 0 Å². The molecule has 0 saturated carbocycles. The number of aromatic amines is 1. The van der Waals surface area contributed by atoms with Crippen molar-refractivity contribution in [2.24, 2.45) is 4.99 Å². The second kappa shape index (κ2) is 11.3. The molecule has 10 nitrogen and oxygen atoms in total. The second-order valence-corrected chi connectivity index (χ2v) is 12.8. The topological polar surface area (TPSA) is 132 Å². The fraction of sp³-hybridized carbons (Fsp3) is 0.423. The minimum atomic E-state index is -3.17. The molecular formula is C26H30N4O6S2. The molecule has 38 heavy (non-hydrogen) atoms. The van der Waals surface area contributed by atoms with E-state index in [1.165, 1.54) is 12.5 Å². The van der Waals surface area contributed by atoms with E-state index in [0.29, 0.717) is 49.1 Å². The van der Waals surface area contributed by atoms with Gasteiger partial charge < -0.3 is 24.5 Å². The first-order valence-corrected chi connectivity index (χ1v) is 15.3. The molecule has 0 radical (unpaired) electrons. The molecular weight excluding hydrogens is 528 g/mol. The van der Waals surface area contributed by atoms with E-state index in [-0.39, 0.29) is 23.0 Å². The zero-order valence-corrected chi connectivity index (χ0v) is 22.9. The van der Waals surface area contributed by atoms with E-state index in [0.717, 1.165) is 34.5 Å². The fourth-order valence-electron chi connectivity index (χ4n) is 4.37. The van der Waals surface area contributed by atoms with Gasteiger partial charge in [0.1, 0.15) is 28.4 Å². The zero-order valence-electron chi connectivity index (χ0n) is 21.2. The number of hydrogen-bond acceptors (Lipinski definition) is 9. The van der Waals surface area contributed by atoms with E-state index in [1.807, 2.05) is 18.2 Å². The van der Waals surface area contributed by atoms with Crippen molar-refractivity contribution in [1.29, 1.82) is 0 Å². The van der Waals surface area contributed by atoms with Crippen molar-refractivity contribution in [2.75, 3.05) is 33.1 Å². The van der Waals surface area contributed by atoms with Crippen molar-refractivity contribution in [3.63, 3.8) is 0 Å². The Hall–Kier alpha value is -3.09. The monoisotopic (exact) mass is 558 g/mol. The zero-order chi connectivity index (χ0) is 26.7. The van der Waals surface area contributed by atoms with Crippen LogP contribution in [0.15, 0.2) is 41.5 Å². The minimum Gasteiger partial charge on any atom is -0.488 e. The summed E-state index contributed by atoms with van der Waals surface area (Å²) in [4.78, 5) is 24.2. The highest BCUT2D eigenvalue weighted by atomic mass is 32.2. The van der Waals surface area contributed by atoms with E-state index in [4.69, 9.17) is 14.2 Å². The standard InChI is InChI=1S/C26H30N4O6S2/c1-27-24(31)12-21-14-29-26(37-21)22-10-16-9-20(35-19-4-3-17(28-13-19)15-38(2,32)33)11-23(25(16)30-22)36-18-5-7-34-8-6-18/h3-4,9-11,13,18,21,30H,5-8,12,14-15H2,1-2H3,(H,27,31). The van der Waals surface area contributed by atoms with E-state index >= 15 is 0 Å².